The highest BCUT2D eigenvalue weighted by molar-refractivity contribution is 6.06. The number of fused-ring (bicyclic) bond motifs is 1. The van der Waals surface area contributed by atoms with Crippen molar-refractivity contribution in [1.82, 2.24) is 0 Å². The Bertz CT molecular complexity index is 2120. The van der Waals surface area contributed by atoms with Crippen molar-refractivity contribution in [1.29, 1.82) is 0 Å². The number of benzene rings is 6. The smallest absolute Gasteiger partial charge is 0.0112 e. The van der Waals surface area contributed by atoms with E-state index in [1.165, 1.54) is 83.5 Å². The lowest BCUT2D eigenvalue weighted by Gasteiger charge is -2.25. The quantitative estimate of drug-likeness (QED) is 0.169. The van der Waals surface area contributed by atoms with Crippen molar-refractivity contribution in [3.8, 4) is 44.5 Å². The SMILES string of the molecule is CC1=Cc2ccc(/C=C/c3cc(-c4ccccc4)c(-c4ccccc4C)c(-c4ccccc4C)c3-c3ccccc3)cc2C1(C)C. The van der Waals surface area contributed by atoms with E-state index in [2.05, 4.69) is 186 Å². The minimum atomic E-state index is 0.0437. The van der Waals surface area contributed by atoms with Crippen molar-refractivity contribution < 1.29 is 0 Å². The molecule has 1 aliphatic carbocycles. The van der Waals surface area contributed by atoms with Crippen molar-refractivity contribution in [2.45, 2.75) is 40.0 Å². The minimum Gasteiger partial charge on any atom is -0.0627 e. The third-order valence-electron chi connectivity index (χ3n) is 9.90. The van der Waals surface area contributed by atoms with Crippen LogP contribution in [0.3, 0.4) is 0 Å². The molecule has 0 aliphatic heterocycles. The summed E-state index contributed by atoms with van der Waals surface area (Å²) in [5.41, 5.74) is 19.1. The van der Waals surface area contributed by atoms with Crippen LogP contribution in [0.4, 0.5) is 0 Å². The lowest BCUT2D eigenvalue weighted by atomic mass is 9.78. The molecule has 0 bridgehead atoms. The van der Waals surface area contributed by atoms with Gasteiger partial charge in [0.1, 0.15) is 0 Å². The first kappa shape index (κ1) is 29.5. The van der Waals surface area contributed by atoms with Crippen LogP contribution in [0.15, 0.2) is 139 Å². The molecule has 46 heavy (non-hydrogen) atoms. The number of hydrogen-bond acceptors (Lipinski definition) is 0. The van der Waals surface area contributed by atoms with Gasteiger partial charge in [0.05, 0.1) is 0 Å². The van der Waals surface area contributed by atoms with E-state index in [-0.39, 0.29) is 5.41 Å². The van der Waals surface area contributed by atoms with Gasteiger partial charge in [-0.2, -0.15) is 0 Å². The van der Waals surface area contributed by atoms with Crippen LogP contribution in [0.2, 0.25) is 0 Å². The van der Waals surface area contributed by atoms with Gasteiger partial charge in [-0.3, -0.25) is 0 Å². The molecule has 0 radical (unpaired) electrons. The van der Waals surface area contributed by atoms with Crippen LogP contribution in [0, 0.1) is 13.8 Å². The van der Waals surface area contributed by atoms with Gasteiger partial charge >= 0.3 is 0 Å². The molecule has 0 nitrogen and oxygen atoms in total. The average molecular weight is 593 g/mol. The van der Waals surface area contributed by atoms with Crippen LogP contribution in [-0.4, -0.2) is 0 Å². The summed E-state index contributed by atoms with van der Waals surface area (Å²) in [6, 6.07) is 48.8. The van der Waals surface area contributed by atoms with E-state index >= 15 is 0 Å². The highest BCUT2D eigenvalue weighted by Gasteiger charge is 2.30. The number of allylic oxidation sites excluding steroid dienone is 1. The third kappa shape index (κ3) is 5.25. The normalized spacial score (nSPS) is 13.5. The Balaban J connectivity index is 1.57. The molecule has 0 heterocycles. The van der Waals surface area contributed by atoms with Gasteiger partial charge in [0.2, 0.25) is 0 Å². The molecule has 0 aromatic heterocycles. The van der Waals surface area contributed by atoms with Crippen LogP contribution < -0.4 is 0 Å². The van der Waals surface area contributed by atoms with E-state index in [4.69, 9.17) is 0 Å². The summed E-state index contributed by atoms with van der Waals surface area (Å²) in [4.78, 5) is 0. The summed E-state index contributed by atoms with van der Waals surface area (Å²) in [7, 11) is 0. The first-order valence-corrected chi connectivity index (χ1v) is 16.3. The van der Waals surface area contributed by atoms with Crippen molar-refractivity contribution in [2.24, 2.45) is 0 Å². The summed E-state index contributed by atoms with van der Waals surface area (Å²) >= 11 is 0. The van der Waals surface area contributed by atoms with Crippen LogP contribution in [0.25, 0.3) is 62.7 Å². The number of aryl methyl sites for hydroxylation is 2. The lowest BCUT2D eigenvalue weighted by molar-refractivity contribution is 0.639. The number of hydrogen-bond donors (Lipinski definition) is 0. The van der Waals surface area contributed by atoms with Crippen LogP contribution >= 0.6 is 0 Å². The van der Waals surface area contributed by atoms with Gasteiger partial charge in [-0.1, -0.05) is 165 Å². The fraction of sp³-hybridized carbons (Fsp3) is 0.130. The topological polar surface area (TPSA) is 0 Å². The summed E-state index contributed by atoms with van der Waals surface area (Å²) < 4.78 is 0. The highest BCUT2D eigenvalue weighted by Crippen LogP contribution is 2.49. The lowest BCUT2D eigenvalue weighted by Crippen LogP contribution is -2.15. The molecule has 0 spiro atoms. The van der Waals surface area contributed by atoms with Crippen molar-refractivity contribution in [3.05, 3.63) is 172 Å². The maximum Gasteiger partial charge on any atom is 0.0112 e. The first-order valence-electron chi connectivity index (χ1n) is 16.3. The molecule has 0 unspecified atom stereocenters. The largest absolute Gasteiger partial charge is 0.0627 e. The van der Waals surface area contributed by atoms with Gasteiger partial charge in [0.25, 0.3) is 0 Å². The van der Waals surface area contributed by atoms with E-state index in [1.54, 1.807) is 0 Å². The van der Waals surface area contributed by atoms with Crippen molar-refractivity contribution in [2.75, 3.05) is 0 Å². The molecule has 7 rings (SSSR count). The Labute approximate surface area is 274 Å². The summed E-state index contributed by atoms with van der Waals surface area (Å²) in [6.45, 7) is 11.4. The van der Waals surface area contributed by atoms with E-state index in [9.17, 15) is 0 Å². The molecule has 6 aromatic rings. The van der Waals surface area contributed by atoms with E-state index < -0.39 is 0 Å². The molecule has 0 saturated carbocycles. The second-order valence-electron chi connectivity index (χ2n) is 13.1. The zero-order chi connectivity index (χ0) is 31.8. The third-order valence-corrected chi connectivity index (χ3v) is 9.90. The maximum absolute atomic E-state index is 2.42. The zero-order valence-corrected chi connectivity index (χ0v) is 27.4. The minimum absolute atomic E-state index is 0.0437. The summed E-state index contributed by atoms with van der Waals surface area (Å²) in [5.74, 6) is 0. The second kappa shape index (κ2) is 12.0. The Hall–Kier alpha value is -5.20. The van der Waals surface area contributed by atoms with Crippen molar-refractivity contribution >= 4 is 18.2 Å². The van der Waals surface area contributed by atoms with Gasteiger partial charge in [-0.15, -0.1) is 0 Å². The molecule has 0 saturated heterocycles. The summed E-state index contributed by atoms with van der Waals surface area (Å²) in [5, 5.41) is 0. The zero-order valence-electron chi connectivity index (χ0n) is 27.4. The van der Waals surface area contributed by atoms with E-state index in [0.29, 0.717) is 0 Å². The summed E-state index contributed by atoms with van der Waals surface area (Å²) in [6.07, 6.45) is 6.97. The fourth-order valence-corrected chi connectivity index (χ4v) is 7.01. The van der Waals surface area contributed by atoms with Gasteiger partial charge in [0.15, 0.2) is 0 Å². The van der Waals surface area contributed by atoms with Gasteiger partial charge < -0.3 is 0 Å². The molecule has 0 fully saturated rings. The maximum atomic E-state index is 2.42. The molecule has 1 aliphatic rings. The Morgan fingerprint density at radius 3 is 1.67 bits per heavy atom. The van der Waals surface area contributed by atoms with E-state index in [0.717, 1.165) is 0 Å². The second-order valence-corrected chi connectivity index (χ2v) is 13.1. The molecule has 224 valence electrons. The molecule has 0 atom stereocenters. The molecule has 6 aromatic carbocycles. The van der Waals surface area contributed by atoms with Gasteiger partial charge in [-0.25, -0.2) is 0 Å². The Morgan fingerprint density at radius 1 is 0.478 bits per heavy atom. The van der Waals surface area contributed by atoms with Gasteiger partial charge in [-0.05, 0) is 105 Å². The molecular weight excluding hydrogens is 553 g/mol. The standard InChI is InChI=1S/C46H40/c1-31-16-12-14-22-39(31)44-41(35-18-8-6-9-19-35)30-38(27-25-34-24-26-37-28-33(3)46(4,5)42(37)29-34)43(36-20-10-7-11-21-36)45(44)40-23-15-13-17-32(40)2/h6-30H,1-5H3/b27-25+. The first-order chi connectivity index (χ1) is 22.3. The van der Waals surface area contributed by atoms with Gasteiger partial charge in [0, 0.05) is 5.41 Å². The van der Waals surface area contributed by atoms with Crippen molar-refractivity contribution in [3.63, 3.8) is 0 Å². The molecular formula is C46H40. The Morgan fingerprint density at radius 2 is 1.04 bits per heavy atom. The highest BCUT2D eigenvalue weighted by atomic mass is 14.3. The predicted octanol–water partition coefficient (Wildman–Crippen LogP) is 12.8. The monoisotopic (exact) mass is 592 g/mol. The Kier molecular flexibility index (Phi) is 7.67. The van der Waals surface area contributed by atoms with Crippen LogP contribution in [0.5, 0.6) is 0 Å². The van der Waals surface area contributed by atoms with E-state index in [1.807, 2.05) is 0 Å². The number of rotatable bonds is 6. The fourth-order valence-electron chi connectivity index (χ4n) is 7.01. The molecule has 0 amide bonds. The predicted molar refractivity (Wildman–Crippen MR) is 200 cm³/mol. The van der Waals surface area contributed by atoms with Crippen LogP contribution in [-0.2, 0) is 5.41 Å². The molecule has 0 N–H and O–H groups in total. The van der Waals surface area contributed by atoms with Crippen LogP contribution in [0.1, 0.15) is 54.2 Å². The molecule has 0 heteroatoms. The average Bonchev–Trinajstić information content (AvgIpc) is 3.31.